The fraction of sp³-hybridized carbons (Fsp3) is 0.318. The average molecular weight is 499 g/mol. The molecule has 1 aromatic heterocycles. The number of nitrogens with zero attached hydrogens (tertiary/aromatic N) is 3. The van der Waals surface area contributed by atoms with Gasteiger partial charge in [-0.2, -0.15) is 26.3 Å². The number of aromatic nitrogens is 2. The summed E-state index contributed by atoms with van der Waals surface area (Å²) in [6.07, 6.45) is -10.0. The standard InChI is InChI=1S/C22H19F6N5O2/c23-21(24,25)13-9-14(22(26,27)28)11-15(10-13)29-20(35)33-7-5-32(6-8-33)12-18-30-17-4-2-1-3-16(17)19(34)31-18/h1-4,9-11H,5-8,12H2,(H,29,35)(H,30,31,34). The number of hydrogen-bond acceptors (Lipinski definition) is 4. The van der Waals surface area contributed by atoms with Crippen LogP contribution in [-0.2, 0) is 18.9 Å². The van der Waals surface area contributed by atoms with E-state index in [1.54, 1.807) is 24.3 Å². The summed E-state index contributed by atoms with van der Waals surface area (Å²) in [5.74, 6) is 0.440. The molecule has 186 valence electrons. The number of hydrogen-bond donors (Lipinski definition) is 2. The van der Waals surface area contributed by atoms with Crippen LogP contribution in [0.15, 0.2) is 47.3 Å². The van der Waals surface area contributed by atoms with E-state index in [0.29, 0.717) is 48.5 Å². The van der Waals surface area contributed by atoms with E-state index in [1.165, 1.54) is 4.90 Å². The third-order valence-corrected chi connectivity index (χ3v) is 5.53. The fourth-order valence-corrected chi connectivity index (χ4v) is 3.76. The van der Waals surface area contributed by atoms with Crippen molar-refractivity contribution in [1.29, 1.82) is 0 Å². The third kappa shape index (κ3) is 5.73. The van der Waals surface area contributed by atoms with Gasteiger partial charge >= 0.3 is 18.4 Å². The smallest absolute Gasteiger partial charge is 0.322 e. The molecule has 2 N–H and O–H groups in total. The van der Waals surface area contributed by atoms with Gasteiger partial charge in [-0.3, -0.25) is 9.69 Å². The molecule has 1 aliphatic rings. The van der Waals surface area contributed by atoms with E-state index in [9.17, 15) is 35.9 Å². The molecular weight excluding hydrogens is 480 g/mol. The number of piperazine rings is 1. The lowest BCUT2D eigenvalue weighted by Crippen LogP contribution is -2.49. The normalized spacial score (nSPS) is 15.4. The maximum Gasteiger partial charge on any atom is 0.416 e. The first kappa shape index (κ1) is 24.5. The largest absolute Gasteiger partial charge is 0.416 e. The lowest BCUT2D eigenvalue weighted by atomic mass is 10.1. The van der Waals surface area contributed by atoms with Crippen molar-refractivity contribution in [2.45, 2.75) is 18.9 Å². The summed E-state index contributed by atoms with van der Waals surface area (Å²) in [6.45, 7) is 1.38. The minimum Gasteiger partial charge on any atom is -0.322 e. The Hall–Kier alpha value is -3.61. The monoisotopic (exact) mass is 499 g/mol. The van der Waals surface area contributed by atoms with E-state index in [-0.39, 0.29) is 24.7 Å². The molecule has 0 atom stereocenters. The van der Waals surface area contributed by atoms with Crippen LogP contribution in [-0.4, -0.2) is 52.0 Å². The molecule has 2 aromatic carbocycles. The van der Waals surface area contributed by atoms with Crippen molar-refractivity contribution in [2.24, 2.45) is 0 Å². The molecule has 0 unspecified atom stereocenters. The lowest BCUT2D eigenvalue weighted by molar-refractivity contribution is -0.143. The zero-order valence-electron chi connectivity index (χ0n) is 18.0. The summed E-state index contributed by atoms with van der Waals surface area (Å²) in [5.41, 5.74) is -3.35. The Bertz CT molecular complexity index is 1260. The first-order valence-corrected chi connectivity index (χ1v) is 10.5. The van der Waals surface area contributed by atoms with E-state index < -0.39 is 35.2 Å². The highest BCUT2D eigenvalue weighted by Gasteiger charge is 2.37. The van der Waals surface area contributed by atoms with Crippen LogP contribution >= 0.6 is 0 Å². The Morgan fingerprint density at radius 3 is 2.14 bits per heavy atom. The van der Waals surface area contributed by atoms with E-state index in [1.807, 2.05) is 4.90 Å². The summed E-state index contributed by atoms with van der Waals surface area (Å²) in [5, 5.41) is 2.60. The van der Waals surface area contributed by atoms with Gasteiger partial charge in [-0.15, -0.1) is 0 Å². The highest BCUT2D eigenvalue weighted by atomic mass is 19.4. The van der Waals surface area contributed by atoms with E-state index in [0.717, 1.165) is 0 Å². The molecule has 13 heteroatoms. The van der Waals surface area contributed by atoms with E-state index in [2.05, 4.69) is 15.3 Å². The van der Waals surface area contributed by atoms with Gasteiger partial charge in [0.05, 0.1) is 28.6 Å². The van der Waals surface area contributed by atoms with Gasteiger partial charge in [-0.1, -0.05) is 12.1 Å². The summed E-state index contributed by atoms with van der Waals surface area (Å²) in [4.78, 5) is 35.1. The minimum atomic E-state index is -5.01. The van der Waals surface area contributed by atoms with Gasteiger partial charge in [0.1, 0.15) is 5.82 Å². The van der Waals surface area contributed by atoms with Crippen molar-refractivity contribution in [2.75, 3.05) is 31.5 Å². The molecule has 1 fully saturated rings. The summed E-state index contributed by atoms with van der Waals surface area (Å²) in [7, 11) is 0. The second-order valence-corrected chi connectivity index (χ2v) is 8.02. The van der Waals surface area contributed by atoms with Crippen LogP contribution in [0.2, 0.25) is 0 Å². The quantitative estimate of drug-likeness (QED) is 0.527. The van der Waals surface area contributed by atoms with Gasteiger partial charge in [0.15, 0.2) is 0 Å². The number of carbonyl (C=O) groups is 1. The van der Waals surface area contributed by atoms with Crippen molar-refractivity contribution in [3.63, 3.8) is 0 Å². The van der Waals surface area contributed by atoms with Crippen molar-refractivity contribution in [1.82, 2.24) is 19.8 Å². The Morgan fingerprint density at radius 1 is 0.943 bits per heavy atom. The Kier molecular flexibility index (Phi) is 6.45. The number of halogens is 6. The number of aromatic amines is 1. The van der Waals surface area contributed by atoms with Gasteiger partial charge in [0, 0.05) is 31.9 Å². The first-order chi connectivity index (χ1) is 16.4. The highest BCUT2D eigenvalue weighted by molar-refractivity contribution is 5.89. The van der Waals surface area contributed by atoms with Gasteiger partial charge in [-0.05, 0) is 30.3 Å². The van der Waals surface area contributed by atoms with Crippen LogP contribution < -0.4 is 10.9 Å². The van der Waals surface area contributed by atoms with Crippen molar-refractivity contribution in [3.8, 4) is 0 Å². The van der Waals surface area contributed by atoms with Crippen molar-refractivity contribution < 1.29 is 31.1 Å². The number of fused-ring (bicyclic) bond motifs is 1. The number of nitrogens with one attached hydrogen (secondary N) is 2. The van der Waals surface area contributed by atoms with Crippen LogP contribution in [0.3, 0.4) is 0 Å². The molecule has 1 saturated heterocycles. The number of urea groups is 1. The number of benzene rings is 2. The number of anilines is 1. The second-order valence-electron chi connectivity index (χ2n) is 8.02. The van der Waals surface area contributed by atoms with Gasteiger partial charge in [0.25, 0.3) is 5.56 Å². The van der Waals surface area contributed by atoms with Crippen LogP contribution in [0.4, 0.5) is 36.8 Å². The van der Waals surface area contributed by atoms with Crippen molar-refractivity contribution >= 4 is 22.6 Å². The molecule has 0 spiro atoms. The van der Waals surface area contributed by atoms with Crippen LogP contribution in [0.1, 0.15) is 17.0 Å². The zero-order chi connectivity index (χ0) is 25.4. The molecule has 2 amide bonds. The number of amides is 2. The SMILES string of the molecule is O=C(Nc1cc(C(F)(F)F)cc(C(F)(F)F)c1)N1CCN(Cc2nc3ccccc3c(=O)[nH]2)CC1. The molecule has 1 aliphatic heterocycles. The molecule has 2 heterocycles. The number of carbonyl (C=O) groups excluding carboxylic acids is 1. The van der Waals surface area contributed by atoms with Crippen LogP contribution in [0.5, 0.6) is 0 Å². The molecule has 0 radical (unpaired) electrons. The summed E-state index contributed by atoms with van der Waals surface area (Å²) >= 11 is 0. The zero-order valence-corrected chi connectivity index (χ0v) is 18.0. The molecule has 3 aromatic rings. The summed E-state index contributed by atoms with van der Waals surface area (Å²) < 4.78 is 78.2. The van der Waals surface area contributed by atoms with E-state index in [4.69, 9.17) is 0 Å². The molecule has 0 aliphatic carbocycles. The highest BCUT2D eigenvalue weighted by Crippen LogP contribution is 2.37. The molecule has 0 bridgehead atoms. The topological polar surface area (TPSA) is 81.3 Å². The number of H-pyrrole nitrogens is 1. The predicted molar refractivity (Wildman–Crippen MR) is 115 cm³/mol. The molecule has 7 nitrogen and oxygen atoms in total. The Balaban J connectivity index is 1.40. The van der Waals surface area contributed by atoms with Crippen LogP contribution in [0, 0.1) is 0 Å². The maximum atomic E-state index is 13.0. The number of alkyl halides is 6. The Labute approximate surface area is 194 Å². The van der Waals surface area contributed by atoms with Gasteiger partial charge < -0.3 is 15.2 Å². The minimum absolute atomic E-state index is 0.000412. The summed E-state index contributed by atoms with van der Waals surface area (Å²) in [6, 6.07) is 6.98. The molecular formula is C22H19F6N5O2. The van der Waals surface area contributed by atoms with E-state index >= 15 is 0 Å². The number of rotatable bonds is 3. The molecule has 0 saturated carbocycles. The van der Waals surface area contributed by atoms with Gasteiger partial charge in [-0.25, -0.2) is 9.78 Å². The number of para-hydroxylation sites is 1. The molecule has 35 heavy (non-hydrogen) atoms. The second kappa shape index (κ2) is 9.21. The molecule has 4 rings (SSSR count). The predicted octanol–water partition coefficient (Wildman–Crippen LogP) is 4.31. The maximum absolute atomic E-state index is 13.0. The Morgan fingerprint density at radius 2 is 1.54 bits per heavy atom. The fourth-order valence-electron chi connectivity index (χ4n) is 3.76. The van der Waals surface area contributed by atoms with Gasteiger partial charge in [0.2, 0.25) is 0 Å². The average Bonchev–Trinajstić information content (AvgIpc) is 2.78. The van der Waals surface area contributed by atoms with Crippen LogP contribution in [0.25, 0.3) is 10.9 Å². The van der Waals surface area contributed by atoms with Crippen molar-refractivity contribution in [3.05, 3.63) is 69.8 Å². The third-order valence-electron chi connectivity index (χ3n) is 5.53. The first-order valence-electron chi connectivity index (χ1n) is 10.5. The lowest BCUT2D eigenvalue weighted by Gasteiger charge is -2.34.